The summed E-state index contributed by atoms with van der Waals surface area (Å²) in [6, 6.07) is 14.8. The summed E-state index contributed by atoms with van der Waals surface area (Å²) in [6.07, 6.45) is 3.43. The Hall–Kier alpha value is -2.07. The molecule has 2 aromatic carbocycles. The van der Waals surface area contributed by atoms with Gasteiger partial charge in [0.2, 0.25) is 0 Å². The molecule has 0 unspecified atom stereocenters. The van der Waals surface area contributed by atoms with Crippen molar-refractivity contribution >= 4 is 16.7 Å². The molecule has 0 heterocycles. The van der Waals surface area contributed by atoms with Gasteiger partial charge in [-0.15, -0.1) is 0 Å². The van der Waals surface area contributed by atoms with Crippen molar-refractivity contribution in [1.82, 2.24) is 5.32 Å². The van der Waals surface area contributed by atoms with Crippen LogP contribution in [0.25, 0.3) is 10.8 Å². The molecule has 1 fully saturated rings. The number of aliphatic carboxylic acids is 1. The highest BCUT2D eigenvalue weighted by Crippen LogP contribution is 2.24. The number of hydrogen-bond acceptors (Lipinski definition) is 3. The molecule has 23 heavy (non-hydrogen) atoms. The molecule has 0 atom stereocenters. The zero-order valence-electron chi connectivity index (χ0n) is 13.2. The fourth-order valence-electron chi connectivity index (χ4n) is 3.23. The summed E-state index contributed by atoms with van der Waals surface area (Å²) in [5, 5.41) is 14.9. The van der Waals surface area contributed by atoms with Crippen LogP contribution in [0.5, 0.6) is 5.75 Å². The summed E-state index contributed by atoms with van der Waals surface area (Å²) in [5.74, 6) is 0.0880. The van der Waals surface area contributed by atoms with Crippen LogP contribution in [0.4, 0.5) is 0 Å². The predicted molar refractivity (Wildman–Crippen MR) is 90.8 cm³/mol. The normalized spacial score (nSPS) is 21.2. The van der Waals surface area contributed by atoms with Crippen molar-refractivity contribution in [3.8, 4) is 5.75 Å². The molecule has 1 aliphatic rings. The van der Waals surface area contributed by atoms with Crippen LogP contribution in [-0.2, 0) is 4.79 Å². The zero-order chi connectivity index (χ0) is 16.1. The molecule has 0 aromatic heterocycles. The van der Waals surface area contributed by atoms with Crippen molar-refractivity contribution in [3.63, 3.8) is 0 Å². The second-order valence-corrected chi connectivity index (χ2v) is 6.20. The zero-order valence-corrected chi connectivity index (χ0v) is 13.2. The fraction of sp³-hybridized carbons (Fsp3) is 0.421. The van der Waals surface area contributed by atoms with Gasteiger partial charge in [-0.2, -0.15) is 0 Å². The van der Waals surface area contributed by atoms with Crippen molar-refractivity contribution in [2.45, 2.75) is 31.7 Å². The molecule has 0 spiro atoms. The highest BCUT2D eigenvalue weighted by atomic mass is 16.5. The van der Waals surface area contributed by atoms with E-state index in [0.29, 0.717) is 12.6 Å². The van der Waals surface area contributed by atoms with E-state index in [0.717, 1.165) is 38.0 Å². The van der Waals surface area contributed by atoms with Crippen LogP contribution in [0.2, 0.25) is 0 Å². The van der Waals surface area contributed by atoms with Crippen molar-refractivity contribution in [1.29, 1.82) is 0 Å². The maximum atomic E-state index is 10.9. The summed E-state index contributed by atoms with van der Waals surface area (Å²) < 4.78 is 5.81. The van der Waals surface area contributed by atoms with Gasteiger partial charge in [-0.25, -0.2) is 0 Å². The van der Waals surface area contributed by atoms with Crippen molar-refractivity contribution < 1.29 is 14.6 Å². The lowest BCUT2D eigenvalue weighted by molar-refractivity contribution is -0.142. The number of ether oxygens (including phenoxy) is 1. The Labute approximate surface area is 136 Å². The lowest BCUT2D eigenvalue weighted by atomic mass is 9.86. The van der Waals surface area contributed by atoms with Gasteiger partial charge in [-0.05, 0) is 48.6 Å². The van der Waals surface area contributed by atoms with E-state index in [-0.39, 0.29) is 5.92 Å². The molecule has 0 aliphatic heterocycles. The first kappa shape index (κ1) is 15.8. The van der Waals surface area contributed by atoms with Crippen LogP contribution in [0.15, 0.2) is 42.5 Å². The highest BCUT2D eigenvalue weighted by molar-refractivity contribution is 5.83. The molecular weight excluding hydrogens is 290 g/mol. The summed E-state index contributed by atoms with van der Waals surface area (Å²) in [6.45, 7) is 1.41. The predicted octanol–water partition coefficient (Wildman–Crippen LogP) is 3.45. The molecule has 0 bridgehead atoms. The first-order valence-electron chi connectivity index (χ1n) is 8.30. The Kier molecular flexibility index (Phi) is 5.13. The number of carboxylic acids is 1. The van der Waals surface area contributed by atoms with Crippen molar-refractivity contribution in [3.05, 3.63) is 42.5 Å². The molecule has 0 radical (unpaired) electrons. The number of rotatable bonds is 6. The molecule has 2 N–H and O–H groups in total. The van der Waals surface area contributed by atoms with Crippen LogP contribution in [0.1, 0.15) is 25.7 Å². The quantitative estimate of drug-likeness (QED) is 0.802. The number of nitrogens with one attached hydrogen (secondary N) is 1. The number of hydrogen-bond donors (Lipinski definition) is 2. The van der Waals surface area contributed by atoms with E-state index < -0.39 is 5.97 Å². The molecule has 122 valence electrons. The topological polar surface area (TPSA) is 58.6 Å². The van der Waals surface area contributed by atoms with Gasteiger partial charge >= 0.3 is 5.97 Å². The van der Waals surface area contributed by atoms with E-state index in [1.54, 1.807) is 0 Å². The number of carbonyl (C=O) groups is 1. The molecule has 2 aromatic rings. The smallest absolute Gasteiger partial charge is 0.306 e. The summed E-state index contributed by atoms with van der Waals surface area (Å²) in [4.78, 5) is 10.9. The first-order chi connectivity index (χ1) is 11.2. The maximum Gasteiger partial charge on any atom is 0.306 e. The minimum Gasteiger partial charge on any atom is -0.492 e. The molecule has 3 rings (SSSR count). The van der Waals surface area contributed by atoms with Crippen LogP contribution < -0.4 is 10.1 Å². The standard InChI is InChI=1S/C19H23NO3/c21-19(22)15-5-8-17(9-6-15)20-11-12-23-18-10-7-14-3-1-2-4-16(14)13-18/h1-4,7,10,13,15,17,20H,5-6,8-9,11-12H2,(H,21,22). The monoisotopic (exact) mass is 313 g/mol. The largest absolute Gasteiger partial charge is 0.492 e. The van der Waals surface area contributed by atoms with E-state index in [1.165, 1.54) is 10.8 Å². The van der Waals surface area contributed by atoms with E-state index >= 15 is 0 Å². The Bertz CT molecular complexity index is 662. The van der Waals surface area contributed by atoms with Crippen LogP contribution in [-0.4, -0.2) is 30.3 Å². The average molecular weight is 313 g/mol. The van der Waals surface area contributed by atoms with Gasteiger partial charge in [0.1, 0.15) is 12.4 Å². The number of fused-ring (bicyclic) bond motifs is 1. The average Bonchev–Trinajstić information content (AvgIpc) is 2.59. The van der Waals surface area contributed by atoms with E-state index in [9.17, 15) is 4.79 Å². The molecule has 1 saturated carbocycles. The highest BCUT2D eigenvalue weighted by Gasteiger charge is 2.25. The minimum atomic E-state index is -0.650. The lowest BCUT2D eigenvalue weighted by Gasteiger charge is -2.26. The van der Waals surface area contributed by atoms with Gasteiger partial charge in [-0.1, -0.05) is 30.3 Å². The molecule has 4 heteroatoms. The second-order valence-electron chi connectivity index (χ2n) is 6.20. The van der Waals surface area contributed by atoms with E-state index in [1.807, 2.05) is 18.2 Å². The Morgan fingerprint density at radius 2 is 1.83 bits per heavy atom. The number of carboxylic acid groups (broad SMARTS) is 1. The van der Waals surface area contributed by atoms with Gasteiger partial charge in [0, 0.05) is 12.6 Å². The molecule has 0 saturated heterocycles. The van der Waals surface area contributed by atoms with Gasteiger partial charge in [0.15, 0.2) is 0 Å². The van der Waals surface area contributed by atoms with Gasteiger partial charge in [0.25, 0.3) is 0 Å². The Morgan fingerprint density at radius 3 is 2.57 bits per heavy atom. The Balaban J connectivity index is 1.40. The first-order valence-corrected chi connectivity index (χ1v) is 8.30. The van der Waals surface area contributed by atoms with Crippen LogP contribution in [0.3, 0.4) is 0 Å². The van der Waals surface area contributed by atoms with E-state index in [4.69, 9.17) is 9.84 Å². The van der Waals surface area contributed by atoms with Crippen molar-refractivity contribution in [2.75, 3.05) is 13.2 Å². The molecule has 1 aliphatic carbocycles. The third-order valence-electron chi connectivity index (χ3n) is 4.60. The van der Waals surface area contributed by atoms with Gasteiger partial charge in [-0.3, -0.25) is 4.79 Å². The molecular formula is C19H23NO3. The summed E-state index contributed by atoms with van der Waals surface area (Å²) in [7, 11) is 0. The third-order valence-corrected chi connectivity index (χ3v) is 4.60. The lowest BCUT2D eigenvalue weighted by Crippen LogP contribution is -2.37. The van der Waals surface area contributed by atoms with Gasteiger partial charge in [0.05, 0.1) is 5.92 Å². The summed E-state index contributed by atoms with van der Waals surface area (Å²) in [5.41, 5.74) is 0. The van der Waals surface area contributed by atoms with E-state index in [2.05, 4.69) is 29.6 Å². The van der Waals surface area contributed by atoms with Crippen LogP contribution in [0, 0.1) is 5.92 Å². The third kappa shape index (κ3) is 4.23. The van der Waals surface area contributed by atoms with Crippen molar-refractivity contribution in [2.24, 2.45) is 5.92 Å². The van der Waals surface area contributed by atoms with Gasteiger partial charge < -0.3 is 15.2 Å². The minimum absolute atomic E-state index is 0.151. The maximum absolute atomic E-state index is 10.9. The number of benzene rings is 2. The SMILES string of the molecule is O=C(O)C1CCC(NCCOc2ccc3ccccc3c2)CC1. The summed E-state index contributed by atoms with van der Waals surface area (Å²) >= 11 is 0. The fourth-order valence-corrected chi connectivity index (χ4v) is 3.23. The van der Waals surface area contributed by atoms with Crippen LogP contribution >= 0.6 is 0 Å². The molecule has 4 nitrogen and oxygen atoms in total. The second kappa shape index (κ2) is 7.47. The Morgan fingerprint density at radius 1 is 1.09 bits per heavy atom. The molecule has 0 amide bonds.